The lowest BCUT2D eigenvalue weighted by Crippen LogP contribution is -2.20. The van der Waals surface area contributed by atoms with Crippen molar-refractivity contribution >= 4 is 33.5 Å². The van der Waals surface area contributed by atoms with Crippen molar-refractivity contribution in [3.63, 3.8) is 0 Å². The van der Waals surface area contributed by atoms with Crippen molar-refractivity contribution in [2.75, 3.05) is 18.5 Å². The minimum atomic E-state index is -4.71. The predicted octanol–water partition coefficient (Wildman–Crippen LogP) is 3.28. The smallest absolute Gasteiger partial charge is 0.341 e. The summed E-state index contributed by atoms with van der Waals surface area (Å²) >= 11 is 0. The number of alkyl halides is 2. The molecule has 0 aliphatic rings. The standard InChI is InChI=1S/C20H19F2NO6S/c1-2-28-16-8-3-14(4-9-16)5-12-19(25)29-13-18(24)23-15-6-10-17(11-7-15)30(26,27)20(21)22/h3-12,20H,2,13H2,1H3,(H,23,24)/b12-5+. The van der Waals surface area contributed by atoms with E-state index >= 15 is 0 Å². The molecule has 0 spiro atoms. The quantitative estimate of drug-likeness (QED) is 0.476. The van der Waals surface area contributed by atoms with Crippen LogP contribution in [0.3, 0.4) is 0 Å². The number of benzene rings is 2. The van der Waals surface area contributed by atoms with E-state index in [-0.39, 0.29) is 5.69 Å². The zero-order valence-corrected chi connectivity index (χ0v) is 16.7. The van der Waals surface area contributed by atoms with E-state index in [4.69, 9.17) is 9.47 Å². The number of carbonyl (C=O) groups is 2. The van der Waals surface area contributed by atoms with Crippen molar-refractivity contribution in [1.82, 2.24) is 0 Å². The van der Waals surface area contributed by atoms with Gasteiger partial charge in [-0.05, 0) is 55.0 Å². The Hall–Kier alpha value is -3.27. The van der Waals surface area contributed by atoms with Gasteiger partial charge in [-0.1, -0.05) is 12.1 Å². The van der Waals surface area contributed by atoms with E-state index < -0.39 is 39.0 Å². The molecule has 0 heterocycles. The SMILES string of the molecule is CCOc1ccc(/C=C/C(=O)OCC(=O)Nc2ccc(S(=O)(=O)C(F)F)cc2)cc1. The molecule has 0 unspecified atom stereocenters. The van der Waals surface area contributed by atoms with Gasteiger partial charge >= 0.3 is 11.7 Å². The molecule has 1 amide bonds. The number of nitrogens with one attached hydrogen (secondary N) is 1. The summed E-state index contributed by atoms with van der Waals surface area (Å²) in [5.41, 5.74) is 0.896. The molecule has 2 rings (SSSR count). The highest BCUT2D eigenvalue weighted by molar-refractivity contribution is 7.91. The van der Waals surface area contributed by atoms with E-state index in [1.807, 2.05) is 6.92 Å². The van der Waals surface area contributed by atoms with Crippen LogP contribution in [0.4, 0.5) is 14.5 Å². The molecular weight excluding hydrogens is 420 g/mol. The third-order valence-electron chi connectivity index (χ3n) is 3.65. The monoisotopic (exact) mass is 439 g/mol. The molecule has 0 aliphatic carbocycles. The number of carbonyl (C=O) groups excluding carboxylic acids is 2. The van der Waals surface area contributed by atoms with E-state index in [1.165, 1.54) is 6.08 Å². The maximum absolute atomic E-state index is 12.5. The molecule has 0 aromatic heterocycles. The number of amides is 1. The number of hydrogen-bond donors (Lipinski definition) is 1. The molecule has 0 aliphatic heterocycles. The topological polar surface area (TPSA) is 98.8 Å². The fraction of sp³-hybridized carbons (Fsp3) is 0.200. The average Bonchev–Trinajstić information content (AvgIpc) is 2.72. The Bertz CT molecular complexity index is 1000. The minimum absolute atomic E-state index is 0.161. The maximum Gasteiger partial charge on any atom is 0.341 e. The summed E-state index contributed by atoms with van der Waals surface area (Å²) in [7, 11) is -4.71. The Morgan fingerprint density at radius 2 is 1.70 bits per heavy atom. The second kappa shape index (κ2) is 10.5. The predicted molar refractivity (Wildman–Crippen MR) is 106 cm³/mol. The molecule has 0 saturated carbocycles. The molecule has 7 nitrogen and oxygen atoms in total. The highest BCUT2D eigenvalue weighted by Gasteiger charge is 2.26. The summed E-state index contributed by atoms with van der Waals surface area (Å²) in [5.74, 6) is -4.25. The molecule has 2 aromatic carbocycles. The first-order valence-corrected chi connectivity index (χ1v) is 10.3. The van der Waals surface area contributed by atoms with Gasteiger partial charge in [0.25, 0.3) is 5.91 Å². The van der Waals surface area contributed by atoms with E-state index in [1.54, 1.807) is 24.3 Å². The van der Waals surface area contributed by atoms with Gasteiger partial charge in [0.05, 0.1) is 11.5 Å². The first kappa shape index (κ1) is 23.0. The van der Waals surface area contributed by atoms with Crippen LogP contribution < -0.4 is 10.1 Å². The van der Waals surface area contributed by atoms with E-state index in [9.17, 15) is 26.8 Å². The molecule has 0 saturated heterocycles. The van der Waals surface area contributed by atoms with E-state index in [0.29, 0.717) is 12.4 Å². The number of hydrogen-bond acceptors (Lipinski definition) is 6. The van der Waals surface area contributed by atoms with Crippen molar-refractivity contribution in [3.05, 3.63) is 60.2 Å². The van der Waals surface area contributed by atoms with Crippen LogP contribution in [0, 0.1) is 0 Å². The molecule has 0 radical (unpaired) electrons. The second-order valence-corrected chi connectivity index (χ2v) is 7.74. The van der Waals surface area contributed by atoms with Crippen molar-refractivity contribution in [2.45, 2.75) is 17.6 Å². The van der Waals surface area contributed by atoms with Gasteiger partial charge in [-0.2, -0.15) is 8.78 Å². The molecule has 2 aromatic rings. The van der Waals surface area contributed by atoms with Crippen LogP contribution in [0.15, 0.2) is 59.5 Å². The zero-order valence-electron chi connectivity index (χ0n) is 15.9. The summed E-state index contributed by atoms with van der Waals surface area (Å²) in [6.07, 6.45) is 2.67. The van der Waals surface area contributed by atoms with E-state index in [0.717, 1.165) is 35.9 Å². The summed E-state index contributed by atoms with van der Waals surface area (Å²) < 4.78 is 57.8. The van der Waals surface area contributed by atoms with Crippen molar-refractivity contribution in [2.24, 2.45) is 0 Å². The Morgan fingerprint density at radius 3 is 2.27 bits per heavy atom. The van der Waals surface area contributed by atoms with Crippen LogP contribution >= 0.6 is 0 Å². The lowest BCUT2D eigenvalue weighted by molar-refractivity contribution is -0.142. The third kappa shape index (κ3) is 6.66. The van der Waals surface area contributed by atoms with Crippen molar-refractivity contribution < 1.29 is 36.3 Å². The largest absolute Gasteiger partial charge is 0.494 e. The van der Waals surface area contributed by atoms with Gasteiger partial charge in [-0.25, -0.2) is 13.2 Å². The van der Waals surface area contributed by atoms with Crippen LogP contribution in [0.2, 0.25) is 0 Å². The molecule has 0 bridgehead atoms. The molecule has 0 atom stereocenters. The molecule has 30 heavy (non-hydrogen) atoms. The summed E-state index contributed by atoms with van der Waals surface area (Å²) in [4.78, 5) is 23.0. The van der Waals surface area contributed by atoms with Crippen molar-refractivity contribution in [3.8, 4) is 5.75 Å². The first-order chi connectivity index (χ1) is 14.2. The third-order valence-corrected chi connectivity index (χ3v) is 5.05. The van der Waals surface area contributed by atoms with Gasteiger partial charge in [-0.3, -0.25) is 4.79 Å². The lowest BCUT2D eigenvalue weighted by atomic mass is 10.2. The summed E-state index contributed by atoms with van der Waals surface area (Å²) in [6, 6.07) is 11.2. The van der Waals surface area contributed by atoms with Crippen LogP contribution in [0.25, 0.3) is 6.08 Å². The average molecular weight is 439 g/mol. The fourth-order valence-electron chi connectivity index (χ4n) is 2.22. The van der Waals surface area contributed by atoms with Gasteiger partial charge < -0.3 is 14.8 Å². The van der Waals surface area contributed by atoms with Gasteiger partial charge in [0.1, 0.15) is 5.75 Å². The Kier molecular flexibility index (Phi) is 8.05. The number of esters is 1. The molecule has 160 valence electrons. The van der Waals surface area contributed by atoms with Crippen LogP contribution in [0.5, 0.6) is 5.75 Å². The second-order valence-electron chi connectivity index (χ2n) is 5.82. The molecule has 0 fully saturated rings. The van der Waals surface area contributed by atoms with Gasteiger partial charge in [0, 0.05) is 11.8 Å². The lowest BCUT2D eigenvalue weighted by Gasteiger charge is -2.07. The van der Waals surface area contributed by atoms with Crippen molar-refractivity contribution in [1.29, 1.82) is 0 Å². The fourth-order valence-corrected chi connectivity index (χ4v) is 2.94. The zero-order chi connectivity index (χ0) is 22.1. The summed E-state index contributed by atoms with van der Waals surface area (Å²) in [6.45, 7) is 1.83. The highest BCUT2D eigenvalue weighted by Crippen LogP contribution is 2.20. The number of rotatable bonds is 9. The van der Waals surface area contributed by atoms with Crippen LogP contribution in [-0.2, 0) is 24.2 Å². The van der Waals surface area contributed by atoms with E-state index in [2.05, 4.69) is 5.32 Å². The van der Waals surface area contributed by atoms with Crippen LogP contribution in [-0.4, -0.2) is 39.3 Å². The maximum atomic E-state index is 12.5. The normalized spacial score (nSPS) is 11.5. The minimum Gasteiger partial charge on any atom is -0.494 e. The van der Waals surface area contributed by atoms with Gasteiger partial charge in [0.15, 0.2) is 6.61 Å². The highest BCUT2D eigenvalue weighted by atomic mass is 32.2. The Balaban J connectivity index is 1.83. The Morgan fingerprint density at radius 1 is 1.07 bits per heavy atom. The number of sulfone groups is 1. The molecule has 10 heteroatoms. The Labute approximate surface area is 172 Å². The number of halogens is 2. The van der Waals surface area contributed by atoms with Gasteiger partial charge in [0.2, 0.25) is 9.84 Å². The molecule has 1 N–H and O–H groups in total. The summed E-state index contributed by atoms with van der Waals surface area (Å²) in [5, 5.41) is 2.36. The first-order valence-electron chi connectivity index (χ1n) is 8.72. The molecular formula is C20H19F2NO6S. The number of ether oxygens (including phenoxy) is 2. The van der Waals surface area contributed by atoms with Crippen LogP contribution in [0.1, 0.15) is 12.5 Å². The van der Waals surface area contributed by atoms with Gasteiger partial charge in [-0.15, -0.1) is 0 Å². The number of anilines is 1.